The van der Waals surface area contributed by atoms with Gasteiger partial charge in [-0.15, -0.1) is 0 Å². The molecule has 3 N–H and O–H groups in total. The number of carbonyl (C=O) groups is 4. The van der Waals surface area contributed by atoms with E-state index in [1.165, 1.54) is 0 Å². The smallest absolute Gasteiger partial charge is 0.335 e. The fourth-order valence-electron chi connectivity index (χ4n) is 7.01. The van der Waals surface area contributed by atoms with E-state index in [4.69, 9.17) is 23.7 Å². The van der Waals surface area contributed by atoms with Crippen molar-refractivity contribution in [1.82, 2.24) is 0 Å². The van der Waals surface area contributed by atoms with Crippen LogP contribution in [0.3, 0.4) is 0 Å². The van der Waals surface area contributed by atoms with E-state index in [2.05, 4.69) is 148 Å². The van der Waals surface area contributed by atoms with Gasteiger partial charge in [-0.05, 0) is 116 Å². The largest absolute Gasteiger partial charge is 0.479 e. The molecule has 12 heteroatoms. The van der Waals surface area contributed by atoms with E-state index in [0.29, 0.717) is 25.7 Å². The number of rotatable bonds is 43. The number of hydrogen-bond acceptors (Lipinski definition) is 11. The van der Waals surface area contributed by atoms with Crippen LogP contribution in [-0.2, 0) is 42.9 Å². The second-order valence-corrected chi connectivity index (χ2v) is 17.7. The summed E-state index contributed by atoms with van der Waals surface area (Å²) in [6, 6.07) is 0. The van der Waals surface area contributed by atoms with E-state index in [1.54, 1.807) is 0 Å². The maximum absolute atomic E-state index is 13.1. The third kappa shape index (κ3) is 39.4. The summed E-state index contributed by atoms with van der Waals surface area (Å²) in [6.45, 7) is 5.48. The summed E-state index contributed by atoms with van der Waals surface area (Å²) < 4.78 is 28.1. The monoisotopic (exact) mass is 1040 g/mol. The Morgan fingerprint density at radius 2 is 0.827 bits per heavy atom. The van der Waals surface area contributed by atoms with Crippen molar-refractivity contribution in [2.75, 3.05) is 13.2 Å². The maximum atomic E-state index is 13.1. The van der Waals surface area contributed by atoms with Crippen LogP contribution in [0.1, 0.15) is 162 Å². The number of aliphatic hydroxyl groups is 2. The lowest BCUT2D eigenvalue weighted by molar-refractivity contribution is -0.301. The Kier molecular flexibility index (Phi) is 44.2. The molecule has 6 atom stereocenters. The van der Waals surface area contributed by atoms with Crippen molar-refractivity contribution in [3.8, 4) is 0 Å². The van der Waals surface area contributed by atoms with Crippen LogP contribution in [0.2, 0.25) is 0 Å². The first-order valence-electron chi connectivity index (χ1n) is 27.5. The molecule has 0 spiro atoms. The van der Waals surface area contributed by atoms with Crippen molar-refractivity contribution >= 4 is 23.9 Å². The lowest BCUT2D eigenvalue weighted by Gasteiger charge is -2.40. The van der Waals surface area contributed by atoms with Crippen LogP contribution in [0.15, 0.2) is 158 Å². The van der Waals surface area contributed by atoms with Crippen LogP contribution in [0.5, 0.6) is 0 Å². The fourth-order valence-corrected chi connectivity index (χ4v) is 7.01. The molecule has 0 saturated carbocycles. The lowest BCUT2D eigenvalue weighted by Crippen LogP contribution is -2.61. The van der Waals surface area contributed by atoms with Gasteiger partial charge in [0, 0.05) is 19.3 Å². The number of carbonyl (C=O) groups excluding carboxylic acids is 3. The Morgan fingerprint density at radius 1 is 0.440 bits per heavy atom. The molecular weight excluding hydrogens is 949 g/mol. The number of hydrogen-bond donors (Lipinski definition) is 3. The van der Waals surface area contributed by atoms with Gasteiger partial charge in [-0.3, -0.25) is 14.4 Å². The molecule has 75 heavy (non-hydrogen) atoms. The van der Waals surface area contributed by atoms with Crippen molar-refractivity contribution < 1.29 is 58.2 Å². The molecule has 0 radical (unpaired) electrons. The lowest BCUT2D eigenvalue weighted by atomic mass is 9.98. The summed E-state index contributed by atoms with van der Waals surface area (Å²) in [6.07, 6.45) is 59.7. The van der Waals surface area contributed by atoms with E-state index in [1.807, 2.05) is 30.4 Å². The first-order valence-corrected chi connectivity index (χ1v) is 27.5. The Morgan fingerprint density at radius 3 is 1.24 bits per heavy atom. The SMILES string of the molecule is CC/C=C\C/C=C\C/C=C\C/C=C\C/C=C\C/C=C\CCC(=O)OC1C(OCC(COC(=O)CC/C=C\C/C=C\C/C=C\C/C=C\CC)OC(=O)CCCCC/C=C\C/C=C\C/C=C\CC)OC(C(=O)O)C(O)C1O. The standard InChI is InChI=1S/C63H92O12/c1-4-7-10-13-16-19-22-25-26-27-28-29-30-33-36-39-42-45-48-51-57(66)74-61-59(68)58(67)60(62(69)70)75-63(61)72-53-54(73-56(65)50-47-44-41-38-35-32-24-21-18-15-12-9-6-3)52-71-55(64)49-46-43-40-37-34-31-23-20-17-14-11-8-5-2/h7-12,16-21,25-26,28-29,31-36,40,42-43,45,54,58-61,63,67-68H,4-6,13-15,22-24,27,30,37-39,41,44,46-53H2,1-3H3,(H,69,70)/b10-7-,11-8-,12-9-,19-16-,20-17-,21-18-,26-25-,29-28-,34-31-,35-32-,36-33-,43-40-,45-42-. The van der Waals surface area contributed by atoms with Gasteiger partial charge in [0.25, 0.3) is 0 Å². The zero-order valence-corrected chi connectivity index (χ0v) is 45.5. The molecule has 0 aliphatic carbocycles. The van der Waals surface area contributed by atoms with Crippen LogP contribution in [0.4, 0.5) is 0 Å². The molecule has 0 aromatic carbocycles. The van der Waals surface area contributed by atoms with Gasteiger partial charge >= 0.3 is 23.9 Å². The summed E-state index contributed by atoms with van der Waals surface area (Å²) in [4.78, 5) is 50.9. The second kappa shape index (κ2) is 49.2. The van der Waals surface area contributed by atoms with Gasteiger partial charge in [-0.1, -0.05) is 185 Å². The molecule has 6 unspecified atom stereocenters. The first kappa shape index (κ1) is 67.4. The minimum atomic E-state index is -1.95. The van der Waals surface area contributed by atoms with Crippen LogP contribution >= 0.6 is 0 Å². The van der Waals surface area contributed by atoms with E-state index in [9.17, 15) is 34.5 Å². The average molecular weight is 1040 g/mol. The van der Waals surface area contributed by atoms with Gasteiger partial charge in [-0.2, -0.15) is 0 Å². The summed E-state index contributed by atoms with van der Waals surface area (Å²) in [5, 5.41) is 31.4. The highest BCUT2D eigenvalue weighted by atomic mass is 16.7. The number of aliphatic hydroxyl groups excluding tert-OH is 2. The molecule has 416 valence electrons. The molecule has 1 heterocycles. The molecule has 1 saturated heterocycles. The predicted molar refractivity (Wildman–Crippen MR) is 302 cm³/mol. The number of carboxylic acid groups (broad SMARTS) is 1. The third-order valence-electron chi connectivity index (χ3n) is 11.1. The molecule has 1 rings (SSSR count). The number of esters is 3. The third-order valence-corrected chi connectivity index (χ3v) is 11.1. The summed E-state index contributed by atoms with van der Waals surface area (Å²) in [5.41, 5.74) is 0. The van der Waals surface area contributed by atoms with Gasteiger partial charge in [0.2, 0.25) is 0 Å². The minimum Gasteiger partial charge on any atom is -0.479 e. The molecule has 1 aliphatic rings. The van der Waals surface area contributed by atoms with Gasteiger partial charge in [0.15, 0.2) is 24.6 Å². The number of unbranched alkanes of at least 4 members (excludes halogenated alkanes) is 3. The molecule has 0 aromatic heterocycles. The van der Waals surface area contributed by atoms with Crippen molar-refractivity contribution in [1.29, 1.82) is 0 Å². The van der Waals surface area contributed by atoms with E-state index < -0.39 is 67.3 Å². The highest BCUT2D eigenvalue weighted by molar-refractivity contribution is 5.74. The van der Waals surface area contributed by atoms with Crippen LogP contribution < -0.4 is 0 Å². The fraction of sp³-hybridized carbons (Fsp3) is 0.524. The van der Waals surface area contributed by atoms with Crippen LogP contribution in [0, 0.1) is 0 Å². The maximum Gasteiger partial charge on any atom is 0.335 e. The van der Waals surface area contributed by atoms with Gasteiger partial charge < -0.3 is 39.0 Å². The highest BCUT2D eigenvalue weighted by Gasteiger charge is 2.50. The molecule has 0 amide bonds. The average Bonchev–Trinajstić information content (AvgIpc) is 3.39. The number of allylic oxidation sites excluding steroid dienone is 26. The van der Waals surface area contributed by atoms with Crippen LogP contribution in [0.25, 0.3) is 0 Å². The minimum absolute atomic E-state index is 0.0729. The number of ether oxygens (including phenoxy) is 5. The molecule has 1 aliphatic heterocycles. The van der Waals surface area contributed by atoms with Crippen molar-refractivity contribution in [3.63, 3.8) is 0 Å². The molecule has 12 nitrogen and oxygen atoms in total. The van der Waals surface area contributed by atoms with E-state index >= 15 is 0 Å². The Balaban J connectivity index is 2.82. The second-order valence-electron chi connectivity index (χ2n) is 17.7. The Hall–Kier alpha value is -5.66. The zero-order chi connectivity index (χ0) is 54.7. The molecule has 0 bridgehead atoms. The Labute approximate surface area is 450 Å². The quantitative estimate of drug-likeness (QED) is 0.0228. The van der Waals surface area contributed by atoms with Crippen molar-refractivity contribution in [2.24, 2.45) is 0 Å². The predicted octanol–water partition coefficient (Wildman–Crippen LogP) is 13.8. The first-order chi connectivity index (χ1) is 36.6. The van der Waals surface area contributed by atoms with Gasteiger partial charge in [0.1, 0.15) is 18.8 Å². The summed E-state index contributed by atoms with van der Waals surface area (Å²) >= 11 is 0. The summed E-state index contributed by atoms with van der Waals surface area (Å²) in [5.74, 6) is -3.42. The van der Waals surface area contributed by atoms with Crippen molar-refractivity contribution in [2.45, 2.75) is 199 Å². The van der Waals surface area contributed by atoms with Gasteiger partial charge in [0.05, 0.1) is 6.61 Å². The topological polar surface area (TPSA) is 175 Å². The zero-order valence-electron chi connectivity index (χ0n) is 45.5. The molecule has 0 aromatic rings. The number of carboxylic acids is 1. The van der Waals surface area contributed by atoms with E-state index in [0.717, 1.165) is 96.3 Å². The summed E-state index contributed by atoms with van der Waals surface area (Å²) in [7, 11) is 0. The Bertz CT molecular complexity index is 1910. The molecule has 1 fully saturated rings. The molecular formula is C63H92O12. The van der Waals surface area contributed by atoms with Crippen molar-refractivity contribution in [3.05, 3.63) is 158 Å². The van der Waals surface area contributed by atoms with Crippen LogP contribution in [-0.4, -0.2) is 89.2 Å². The normalized spacial score (nSPS) is 19.4. The highest BCUT2D eigenvalue weighted by Crippen LogP contribution is 2.26. The van der Waals surface area contributed by atoms with E-state index in [-0.39, 0.29) is 25.9 Å². The van der Waals surface area contributed by atoms with Gasteiger partial charge in [-0.25, -0.2) is 4.79 Å². The number of aliphatic carboxylic acids is 1.